The quantitative estimate of drug-likeness (QED) is 0.459. The molecular formula is C28H32ClN3O4S. The maximum absolute atomic E-state index is 14.2. The van der Waals surface area contributed by atoms with Crippen molar-refractivity contribution in [2.24, 2.45) is 17.8 Å². The highest BCUT2D eigenvalue weighted by Crippen LogP contribution is 2.67. The van der Waals surface area contributed by atoms with Crippen molar-refractivity contribution in [2.45, 2.75) is 55.2 Å². The number of halogens is 1. The van der Waals surface area contributed by atoms with Crippen LogP contribution in [0.15, 0.2) is 54.6 Å². The highest BCUT2D eigenvalue weighted by Gasteiger charge is 2.74. The second-order valence-electron chi connectivity index (χ2n) is 10.3. The van der Waals surface area contributed by atoms with Crippen LogP contribution in [0.2, 0.25) is 5.02 Å². The summed E-state index contributed by atoms with van der Waals surface area (Å²) in [6.07, 6.45) is 2.14. The summed E-state index contributed by atoms with van der Waals surface area (Å²) in [4.78, 5) is 43.4. The molecule has 0 saturated carbocycles. The van der Waals surface area contributed by atoms with Crippen LogP contribution in [-0.4, -0.2) is 56.4 Å². The van der Waals surface area contributed by atoms with Crippen molar-refractivity contribution in [3.63, 3.8) is 0 Å². The summed E-state index contributed by atoms with van der Waals surface area (Å²) in [5.41, 5.74) is 1.15. The van der Waals surface area contributed by atoms with Crippen molar-refractivity contribution in [2.75, 3.05) is 17.2 Å². The number of carbonyl (C=O) groups is 3. The van der Waals surface area contributed by atoms with Crippen molar-refractivity contribution < 1.29 is 19.5 Å². The van der Waals surface area contributed by atoms with E-state index < -0.39 is 28.7 Å². The highest BCUT2D eigenvalue weighted by atomic mass is 35.5. The molecule has 5 rings (SSSR count). The summed E-state index contributed by atoms with van der Waals surface area (Å²) in [7, 11) is 0. The summed E-state index contributed by atoms with van der Waals surface area (Å²) >= 11 is 7.94. The number of amides is 3. The Morgan fingerprint density at radius 2 is 1.84 bits per heavy atom. The number of anilines is 2. The molecule has 3 aliphatic rings. The number of para-hydroxylation sites is 2. The third-order valence-electron chi connectivity index (χ3n) is 8.31. The Labute approximate surface area is 226 Å². The SMILES string of the molecule is CC[C@H](C)[C@H](CO)N1C(=O)[C@@H]2[C@H](C(=O)Nc3ccccc3)[C@@H]3CCC2(S3)C1C(=O)Nc1ccccc1Cl. The van der Waals surface area contributed by atoms with E-state index in [-0.39, 0.29) is 35.5 Å². The summed E-state index contributed by atoms with van der Waals surface area (Å²) < 4.78 is -0.743. The van der Waals surface area contributed by atoms with Gasteiger partial charge in [0.05, 0.1) is 39.9 Å². The van der Waals surface area contributed by atoms with E-state index in [9.17, 15) is 19.5 Å². The molecule has 2 aromatic carbocycles. The normalized spacial score (nSPS) is 29.6. The van der Waals surface area contributed by atoms with Gasteiger partial charge in [-0.05, 0) is 43.0 Å². The van der Waals surface area contributed by atoms with E-state index in [1.54, 1.807) is 40.9 Å². The zero-order valence-electron chi connectivity index (χ0n) is 20.9. The Morgan fingerprint density at radius 3 is 2.51 bits per heavy atom. The summed E-state index contributed by atoms with van der Waals surface area (Å²) in [6, 6.07) is 14.9. The molecule has 3 amide bonds. The monoisotopic (exact) mass is 541 g/mol. The fraction of sp³-hybridized carbons (Fsp3) is 0.464. The van der Waals surface area contributed by atoms with E-state index in [1.807, 2.05) is 44.2 Å². The second-order valence-corrected chi connectivity index (χ2v) is 12.3. The van der Waals surface area contributed by atoms with Gasteiger partial charge in [-0.3, -0.25) is 14.4 Å². The highest BCUT2D eigenvalue weighted by molar-refractivity contribution is 8.02. The number of hydrogen-bond donors (Lipinski definition) is 3. The van der Waals surface area contributed by atoms with Crippen LogP contribution in [0, 0.1) is 17.8 Å². The lowest BCUT2D eigenvalue weighted by Gasteiger charge is -2.39. The van der Waals surface area contributed by atoms with E-state index in [0.717, 1.165) is 12.8 Å². The Hall–Kier alpha value is -2.55. The number of likely N-dealkylation sites (tertiary alicyclic amines) is 1. The van der Waals surface area contributed by atoms with Gasteiger partial charge in [-0.25, -0.2) is 0 Å². The lowest BCUT2D eigenvalue weighted by molar-refractivity contribution is -0.142. The molecule has 7 atom stereocenters. The molecule has 3 heterocycles. The molecular weight excluding hydrogens is 510 g/mol. The largest absolute Gasteiger partial charge is 0.394 e. The van der Waals surface area contributed by atoms with E-state index in [1.165, 1.54) is 0 Å². The first kappa shape index (κ1) is 26.1. The van der Waals surface area contributed by atoms with Gasteiger partial charge in [0.2, 0.25) is 17.7 Å². The smallest absolute Gasteiger partial charge is 0.248 e. The number of rotatable bonds is 8. The minimum Gasteiger partial charge on any atom is -0.394 e. The summed E-state index contributed by atoms with van der Waals surface area (Å²) in [5, 5.41) is 16.7. The minimum absolute atomic E-state index is 0.0291. The molecule has 37 heavy (non-hydrogen) atoms. The van der Waals surface area contributed by atoms with Gasteiger partial charge >= 0.3 is 0 Å². The van der Waals surface area contributed by atoms with Crippen molar-refractivity contribution in [1.82, 2.24) is 4.90 Å². The van der Waals surface area contributed by atoms with Crippen LogP contribution in [0.25, 0.3) is 0 Å². The van der Waals surface area contributed by atoms with Gasteiger partial charge in [0, 0.05) is 10.9 Å². The average molecular weight is 542 g/mol. The first-order valence-corrected chi connectivity index (χ1v) is 14.1. The number of aliphatic hydroxyl groups excluding tert-OH is 1. The maximum atomic E-state index is 14.2. The Morgan fingerprint density at radius 1 is 1.14 bits per heavy atom. The fourth-order valence-corrected chi connectivity index (χ4v) is 8.76. The van der Waals surface area contributed by atoms with Gasteiger partial charge in [-0.2, -0.15) is 0 Å². The number of benzene rings is 2. The molecule has 7 nitrogen and oxygen atoms in total. The summed E-state index contributed by atoms with van der Waals surface area (Å²) in [6.45, 7) is 3.73. The molecule has 0 aliphatic carbocycles. The number of aliphatic hydroxyl groups is 1. The number of nitrogens with zero attached hydrogens (tertiary/aromatic N) is 1. The van der Waals surface area contributed by atoms with Crippen LogP contribution in [0.1, 0.15) is 33.1 Å². The van der Waals surface area contributed by atoms with Gasteiger partial charge in [0.25, 0.3) is 0 Å². The fourth-order valence-electron chi connectivity index (χ4n) is 6.37. The molecule has 3 fully saturated rings. The second kappa shape index (κ2) is 10.3. The molecule has 2 unspecified atom stereocenters. The zero-order chi connectivity index (χ0) is 26.3. The predicted molar refractivity (Wildman–Crippen MR) is 146 cm³/mol. The van der Waals surface area contributed by atoms with E-state index in [4.69, 9.17) is 11.6 Å². The Balaban J connectivity index is 1.53. The lowest BCUT2D eigenvalue weighted by Crippen LogP contribution is -2.56. The van der Waals surface area contributed by atoms with Crippen LogP contribution >= 0.6 is 23.4 Å². The Bertz CT molecular complexity index is 1200. The van der Waals surface area contributed by atoms with Crippen molar-refractivity contribution in [3.05, 3.63) is 59.6 Å². The topological polar surface area (TPSA) is 98.7 Å². The van der Waals surface area contributed by atoms with Crippen LogP contribution in [0.4, 0.5) is 11.4 Å². The van der Waals surface area contributed by atoms with Crippen LogP contribution in [0.3, 0.4) is 0 Å². The number of fused-ring (bicyclic) bond motifs is 1. The minimum atomic E-state index is -0.822. The summed E-state index contributed by atoms with van der Waals surface area (Å²) in [5.74, 6) is -1.97. The van der Waals surface area contributed by atoms with Gasteiger partial charge < -0.3 is 20.6 Å². The molecule has 0 aromatic heterocycles. The maximum Gasteiger partial charge on any atom is 0.248 e. The lowest BCUT2D eigenvalue weighted by atomic mass is 9.70. The molecule has 0 radical (unpaired) electrons. The number of hydrogen-bond acceptors (Lipinski definition) is 5. The third kappa shape index (κ3) is 4.33. The van der Waals surface area contributed by atoms with Crippen LogP contribution in [0.5, 0.6) is 0 Å². The molecule has 3 saturated heterocycles. The zero-order valence-corrected chi connectivity index (χ0v) is 22.5. The standard InChI is InChI=1S/C28H32ClN3O4S/c1-3-16(2)20(15-33)32-24(26(35)31-19-12-8-7-11-18(19)29)28-14-13-21(37-28)22(23(28)27(32)36)25(34)30-17-9-5-4-6-10-17/h4-12,16,20-24,33H,3,13-15H2,1-2H3,(H,30,34)(H,31,35)/t16-,20-,21-,22+,23-,24?,28?/m0/s1. The molecule has 3 aliphatic heterocycles. The molecule has 1 spiro atoms. The number of carbonyl (C=O) groups excluding carboxylic acids is 3. The molecule has 9 heteroatoms. The van der Waals surface area contributed by atoms with E-state index in [0.29, 0.717) is 22.8 Å². The van der Waals surface area contributed by atoms with E-state index >= 15 is 0 Å². The van der Waals surface area contributed by atoms with Gasteiger partial charge in [0.15, 0.2) is 0 Å². The van der Waals surface area contributed by atoms with Crippen molar-refractivity contribution in [3.8, 4) is 0 Å². The molecule has 196 valence electrons. The van der Waals surface area contributed by atoms with Crippen molar-refractivity contribution >= 4 is 52.5 Å². The van der Waals surface area contributed by atoms with Gasteiger partial charge in [-0.15, -0.1) is 11.8 Å². The first-order valence-electron chi connectivity index (χ1n) is 12.8. The Kier molecular flexibility index (Phi) is 7.27. The first-order chi connectivity index (χ1) is 17.8. The molecule has 3 N–H and O–H groups in total. The average Bonchev–Trinajstić information content (AvgIpc) is 3.54. The van der Waals surface area contributed by atoms with Crippen LogP contribution in [-0.2, 0) is 14.4 Å². The third-order valence-corrected chi connectivity index (χ3v) is 10.6. The molecule has 2 aromatic rings. The predicted octanol–water partition coefficient (Wildman–Crippen LogP) is 4.42. The molecule has 2 bridgehead atoms. The van der Waals surface area contributed by atoms with Crippen LogP contribution < -0.4 is 10.6 Å². The van der Waals surface area contributed by atoms with Gasteiger partial charge in [-0.1, -0.05) is 62.2 Å². The number of nitrogens with one attached hydrogen (secondary N) is 2. The van der Waals surface area contributed by atoms with Crippen molar-refractivity contribution in [1.29, 1.82) is 0 Å². The van der Waals surface area contributed by atoms with Gasteiger partial charge in [0.1, 0.15) is 6.04 Å². The number of thioether (sulfide) groups is 1. The van der Waals surface area contributed by atoms with E-state index in [2.05, 4.69) is 10.6 Å².